The molecule has 30 heavy (non-hydrogen) atoms. The molecule has 7 heteroatoms. The first-order chi connectivity index (χ1) is 14.6. The van der Waals surface area contributed by atoms with Gasteiger partial charge in [-0.3, -0.25) is 9.59 Å². The molecule has 1 fully saturated rings. The SMILES string of the molecule is CCN(Cc1ccccc1)C(=O)COC(=O)c1ccc2c(c1)NC(=O)[C@@H]1CCCN21. The minimum Gasteiger partial charge on any atom is -0.452 e. The molecular weight excluding hydrogens is 382 g/mol. The van der Waals surface area contributed by atoms with E-state index in [4.69, 9.17) is 4.74 Å². The van der Waals surface area contributed by atoms with Gasteiger partial charge in [-0.25, -0.2) is 4.79 Å². The molecule has 1 N–H and O–H groups in total. The van der Waals surface area contributed by atoms with E-state index >= 15 is 0 Å². The summed E-state index contributed by atoms with van der Waals surface area (Å²) in [5.74, 6) is -0.874. The number of benzene rings is 2. The summed E-state index contributed by atoms with van der Waals surface area (Å²) in [5, 5.41) is 2.88. The molecular formula is C23H25N3O4. The van der Waals surface area contributed by atoms with Gasteiger partial charge >= 0.3 is 5.97 Å². The number of anilines is 2. The largest absolute Gasteiger partial charge is 0.452 e. The van der Waals surface area contributed by atoms with Gasteiger partial charge in [-0.15, -0.1) is 0 Å². The summed E-state index contributed by atoms with van der Waals surface area (Å²) in [5.41, 5.74) is 2.86. The van der Waals surface area contributed by atoms with Crippen molar-refractivity contribution in [2.24, 2.45) is 0 Å². The number of nitrogens with zero attached hydrogens (tertiary/aromatic N) is 2. The van der Waals surface area contributed by atoms with Crippen molar-refractivity contribution in [3.05, 3.63) is 59.7 Å². The lowest BCUT2D eigenvalue weighted by atomic mass is 10.1. The zero-order chi connectivity index (χ0) is 21.1. The zero-order valence-electron chi connectivity index (χ0n) is 17.0. The Bertz CT molecular complexity index is 960. The quantitative estimate of drug-likeness (QED) is 0.745. The summed E-state index contributed by atoms with van der Waals surface area (Å²) in [4.78, 5) is 41.0. The molecule has 1 saturated heterocycles. The summed E-state index contributed by atoms with van der Waals surface area (Å²) < 4.78 is 5.26. The van der Waals surface area contributed by atoms with Crippen LogP contribution in [0.1, 0.15) is 35.7 Å². The zero-order valence-corrected chi connectivity index (χ0v) is 17.0. The average molecular weight is 407 g/mol. The summed E-state index contributed by atoms with van der Waals surface area (Å²) >= 11 is 0. The van der Waals surface area contributed by atoms with E-state index in [-0.39, 0.29) is 24.5 Å². The van der Waals surface area contributed by atoms with Crippen LogP contribution in [-0.2, 0) is 20.9 Å². The van der Waals surface area contributed by atoms with Crippen LogP contribution in [0.2, 0.25) is 0 Å². The topological polar surface area (TPSA) is 79.0 Å². The highest BCUT2D eigenvalue weighted by molar-refractivity contribution is 6.05. The van der Waals surface area contributed by atoms with Crippen LogP contribution in [0.4, 0.5) is 11.4 Å². The first-order valence-electron chi connectivity index (χ1n) is 10.3. The molecule has 2 aromatic rings. The number of carbonyl (C=O) groups excluding carboxylic acids is 3. The third kappa shape index (κ3) is 4.01. The number of rotatable bonds is 6. The van der Waals surface area contributed by atoms with Gasteiger partial charge in [0.25, 0.3) is 5.91 Å². The highest BCUT2D eigenvalue weighted by Gasteiger charge is 2.36. The van der Waals surface area contributed by atoms with Crippen molar-refractivity contribution in [2.45, 2.75) is 32.4 Å². The van der Waals surface area contributed by atoms with Crippen LogP contribution in [-0.4, -0.2) is 48.4 Å². The van der Waals surface area contributed by atoms with E-state index in [9.17, 15) is 14.4 Å². The molecule has 2 aliphatic heterocycles. The standard InChI is InChI=1S/C23H25N3O4/c1-2-25(14-16-7-4-3-5-8-16)21(27)15-30-23(29)17-10-11-19-18(13-17)24-22(28)20-9-6-12-26(19)20/h3-5,7-8,10-11,13,20H,2,6,9,12,14-15H2,1H3,(H,24,28)/t20-/m0/s1. The summed E-state index contributed by atoms with van der Waals surface area (Å²) in [6.07, 6.45) is 1.81. The summed E-state index contributed by atoms with van der Waals surface area (Å²) in [7, 11) is 0. The van der Waals surface area contributed by atoms with Gasteiger partial charge in [-0.2, -0.15) is 0 Å². The van der Waals surface area contributed by atoms with Gasteiger partial charge in [0.05, 0.1) is 16.9 Å². The molecule has 7 nitrogen and oxygen atoms in total. The third-order valence-electron chi connectivity index (χ3n) is 5.63. The second-order valence-corrected chi connectivity index (χ2v) is 7.54. The van der Waals surface area contributed by atoms with Crippen LogP contribution < -0.4 is 10.2 Å². The number of fused-ring (bicyclic) bond motifs is 3. The molecule has 4 rings (SSSR count). The van der Waals surface area contributed by atoms with E-state index in [1.54, 1.807) is 17.0 Å². The Kier molecular flexibility index (Phi) is 5.70. The minimum absolute atomic E-state index is 0.0415. The minimum atomic E-state index is -0.584. The van der Waals surface area contributed by atoms with Crippen molar-refractivity contribution in [1.82, 2.24) is 4.90 Å². The van der Waals surface area contributed by atoms with Crippen molar-refractivity contribution in [2.75, 3.05) is 29.9 Å². The molecule has 2 aliphatic rings. The second kappa shape index (κ2) is 8.57. The van der Waals surface area contributed by atoms with Crippen molar-refractivity contribution in [1.29, 1.82) is 0 Å². The maximum absolute atomic E-state index is 12.5. The predicted molar refractivity (Wildman–Crippen MR) is 113 cm³/mol. The lowest BCUT2D eigenvalue weighted by Gasteiger charge is -2.33. The second-order valence-electron chi connectivity index (χ2n) is 7.54. The fourth-order valence-corrected chi connectivity index (χ4v) is 4.04. The van der Waals surface area contributed by atoms with Crippen molar-refractivity contribution < 1.29 is 19.1 Å². The van der Waals surface area contributed by atoms with Gasteiger partial charge in [0.15, 0.2) is 6.61 Å². The van der Waals surface area contributed by atoms with Crippen LogP contribution in [0.3, 0.4) is 0 Å². The van der Waals surface area contributed by atoms with Crippen molar-refractivity contribution >= 4 is 29.2 Å². The maximum atomic E-state index is 12.5. The lowest BCUT2D eigenvalue weighted by molar-refractivity contribution is -0.135. The van der Waals surface area contributed by atoms with Crippen LogP contribution in [0.5, 0.6) is 0 Å². The fraction of sp³-hybridized carbons (Fsp3) is 0.348. The van der Waals surface area contributed by atoms with E-state index < -0.39 is 5.97 Å². The van der Waals surface area contributed by atoms with E-state index in [0.29, 0.717) is 24.3 Å². The number of amides is 2. The lowest BCUT2D eigenvalue weighted by Crippen LogP contribution is -2.43. The van der Waals surface area contributed by atoms with Crippen LogP contribution in [0.25, 0.3) is 0 Å². The van der Waals surface area contributed by atoms with E-state index in [1.165, 1.54) is 0 Å². The van der Waals surface area contributed by atoms with Gasteiger partial charge in [0, 0.05) is 19.6 Å². The molecule has 0 aromatic heterocycles. The molecule has 0 bridgehead atoms. The molecule has 2 aromatic carbocycles. The molecule has 1 atom stereocenters. The Labute approximate surface area is 175 Å². The maximum Gasteiger partial charge on any atom is 0.338 e. The highest BCUT2D eigenvalue weighted by atomic mass is 16.5. The number of hydrogen-bond donors (Lipinski definition) is 1. The van der Waals surface area contributed by atoms with E-state index in [0.717, 1.165) is 30.6 Å². The Morgan fingerprint density at radius 3 is 2.77 bits per heavy atom. The Morgan fingerprint density at radius 2 is 2.00 bits per heavy atom. The predicted octanol–water partition coefficient (Wildman–Crippen LogP) is 2.81. The van der Waals surface area contributed by atoms with Gasteiger partial charge in [0.1, 0.15) is 6.04 Å². The van der Waals surface area contributed by atoms with Gasteiger partial charge in [-0.1, -0.05) is 30.3 Å². The number of nitrogens with one attached hydrogen (secondary N) is 1. The molecule has 0 unspecified atom stereocenters. The smallest absolute Gasteiger partial charge is 0.338 e. The number of likely N-dealkylation sites (N-methyl/N-ethyl adjacent to an activating group) is 1. The van der Waals surface area contributed by atoms with Crippen LogP contribution >= 0.6 is 0 Å². The van der Waals surface area contributed by atoms with Gasteiger partial charge < -0.3 is 19.9 Å². The van der Waals surface area contributed by atoms with Crippen LogP contribution in [0, 0.1) is 0 Å². The van der Waals surface area contributed by atoms with E-state index in [1.807, 2.05) is 43.3 Å². The van der Waals surface area contributed by atoms with Gasteiger partial charge in [0.2, 0.25) is 5.91 Å². The van der Waals surface area contributed by atoms with Crippen LogP contribution in [0.15, 0.2) is 48.5 Å². The number of hydrogen-bond acceptors (Lipinski definition) is 5. The number of carbonyl (C=O) groups is 3. The Morgan fingerprint density at radius 1 is 1.20 bits per heavy atom. The van der Waals surface area contributed by atoms with Crippen molar-refractivity contribution in [3.63, 3.8) is 0 Å². The molecule has 2 heterocycles. The molecule has 0 spiro atoms. The third-order valence-corrected chi connectivity index (χ3v) is 5.63. The Hall–Kier alpha value is -3.35. The molecule has 0 radical (unpaired) electrons. The fourth-order valence-electron chi connectivity index (χ4n) is 4.04. The first-order valence-corrected chi connectivity index (χ1v) is 10.3. The first kappa shape index (κ1) is 19.9. The highest BCUT2D eigenvalue weighted by Crippen LogP contribution is 2.37. The molecule has 2 amide bonds. The number of esters is 1. The monoisotopic (exact) mass is 407 g/mol. The molecule has 0 aliphatic carbocycles. The van der Waals surface area contributed by atoms with Crippen molar-refractivity contribution in [3.8, 4) is 0 Å². The summed E-state index contributed by atoms with van der Waals surface area (Å²) in [6.45, 7) is 3.39. The summed E-state index contributed by atoms with van der Waals surface area (Å²) in [6, 6.07) is 14.7. The average Bonchev–Trinajstić information content (AvgIpc) is 3.27. The molecule has 0 saturated carbocycles. The Balaban J connectivity index is 1.39. The number of ether oxygens (including phenoxy) is 1. The molecule has 156 valence electrons. The normalized spacial score (nSPS) is 17.0. The van der Waals surface area contributed by atoms with Gasteiger partial charge in [-0.05, 0) is 43.5 Å². The van der Waals surface area contributed by atoms with E-state index in [2.05, 4.69) is 10.2 Å².